The fourth-order valence-electron chi connectivity index (χ4n) is 1.04. The SMILES string of the molecule is NC(=O)c1ccc([N+](=O)[O-])c(CO)c1. The molecule has 0 radical (unpaired) electrons. The predicted octanol–water partition coefficient (Wildman–Crippen LogP) is 0.186. The van der Waals surface area contributed by atoms with Crippen molar-refractivity contribution < 1.29 is 14.8 Å². The van der Waals surface area contributed by atoms with E-state index in [-0.39, 0.29) is 16.8 Å². The van der Waals surface area contributed by atoms with E-state index in [1.807, 2.05) is 0 Å². The van der Waals surface area contributed by atoms with Gasteiger partial charge >= 0.3 is 0 Å². The van der Waals surface area contributed by atoms with E-state index in [0.29, 0.717) is 0 Å². The van der Waals surface area contributed by atoms with Crippen LogP contribution in [0.5, 0.6) is 0 Å². The average Bonchev–Trinajstić information content (AvgIpc) is 2.16. The van der Waals surface area contributed by atoms with Crippen LogP contribution >= 0.6 is 0 Å². The molecular formula is C8H8N2O4. The number of hydrogen-bond donors (Lipinski definition) is 2. The third kappa shape index (κ3) is 1.86. The van der Waals surface area contributed by atoms with Crippen LogP contribution in [0.25, 0.3) is 0 Å². The number of nitrogens with zero attached hydrogens (tertiary/aromatic N) is 1. The van der Waals surface area contributed by atoms with Crippen LogP contribution in [0.1, 0.15) is 15.9 Å². The summed E-state index contributed by atoms with van der Waals surface area (Å²) >= 11 is 0. The fourth-order valence-corrected chi connectivity index (χ4v) is 1.04. The second-order valence-electron chi connectivity index (χ2n) is 2.62. The maximum absolute atomic E-state index is 10.7. The number of benzene rings is 1. The van der Waals surface area contributed by atoms with Gasteiger partial charge in [-0.3, -0.25) is 14.9 Å². The van der Waals surface area contributed by atoms with Gasteiger partial charge in [-0.2, -0.15) is 0 Å². The molecule has 1 amide bonds. The summed E-state index contributed by atoms with van der Waals surface area (Å²) in [6, 6.07) is 3.60. The molecule has 0 heterocycles. The normalized spacial score (nSPS) is 9.79. The molecule has 0 fully saturated rings. The molecule has 6 nitrogen and oxygen atoms in total. The number of rotatable bonds is 3. The predicted molar refractivity (Wildman–Crippen MR) is 47.5 cm³/mol. The van der Waals surface area contributed by atoms with E-state index in [0.717, 1.165) is 6.07 Å². The minimum Gasteiger partial charge on any atom is -0.391 e. The summed E-state index contributed by atoms with van der Waals surface area (Å²) in [4.78, 5) is 20.5. The van der Waals surface area contributed by atoms with Gasteiger partial charge in [0.05, 0.1) is 17.1 Å². The van der Waals surface area contributed by atoms with Crippen molar-refractivity contribution in [2.45, 2.75) is 6.61 Å². The van der Waals surface area contributed by atoms with Crippen molar-refractivity contribution in [1.29, 1.82) is 0 Å². The molecule has 3 N–H and O–H groups in total. The topological polar surface area (TPSA) is 106 Å². The van der Waals surface area contributed by atoms with Gasteiger partial charge in [0.15, 0.2) is 0 Å². The Balaban J connectivity index is 3.25. The van der Waals surface area contributed by atoms with Crippen LogP contribution in [0.4, 0.5) is 5.69 Å². The first-order valence-corrected chi connectivity index (χ1v) is 3.74. The largest absolute Gasteiger partial charge is 0.391 e. The Hall–Kier alpha value is -1.95. The molecule has 0 saturated carbocycles. The zero-order valence-corrected chi connectivity index (χ0v) is 7.14. The summed E-state index contributed by atoms with van der Waals surface area (Å²) in [7, 11) is 0. The summed E-state index contributed by atoms with van der Waals surface area (Å²) in [5.41, 5.74) is 4.96. The van der Waals surface area contributed by atoms with E-state index in [2.05, 4.69) is 0 Å². The lowest BCUT2D eigenvalue weighted by molar-refractivity contribution is -0.385. The number of carbonyl (C=O) groups is 1. The van der Waals surface area contributed by atoms with Crippen molar-refractivity contribution in [2.24, 2.45) is 5.73 Å². The highest BCUT2D eigenvalue weighted by Gasteiger charge is 2.14. The Kier molecular flexibility index (Phi) is 2.78. The summed E-state index contributed by atoms with van der Waals surface area (Å²) < 4.78 is 0. The van der Waals surface area contributed by atoms with Gasteiger partial charge in [-0.1, -0.05) is 0 Å². The van der Waals surface area contributed by atoms with Crippen LogP contribution in [0, 0.1) is 10.1 Å². The smallest absolute Gasteiger partial charge is 0.274 e. The van der Waals surface area contributed by atoms with Crippen molar-refractivity contribution in [3.05, 3.63) is 39.4 Å². The van der Waals surface area contributed by atoms with E-state index in [1.165, 1.54) is 12.1 Å². The van der Waals surface area contributed by atoms with Crippen molar-refractivity contribution in [3.8, 4) is 0 Å². The number of nitro groups is 1. The summed E-state index contributed by atoms with van der Waals surface area (Å²) in [5.74, 6) is -0.686. The molecule has 0 saturated heterocycles. The molecule has 0 aromatic heterocycles. The van der Waals surface area contributed by atoms with Gasteiger partial charge in [0.2, 0.25) is 5.91 Å². The average molecular weight is 196 g/mol. The molecule has 0 aliphatic rings. The lowest BCUT2D eigenvalue weighted by atomic mass is 10.1. The van der Waals surface area contributed by atoms with Crippen LogP contribution in [-0.4, -0.2) is 15.9 Å². The van der Waals surface area contributed by atoms with E-state index in [9.17, 15) is 14.9 Å². The highest BCUT2D eigenvalue weighted by atomic mass is 16.6. The number of aliphatic hydroxyl groups is 1. The lowest BCUT2D eigenvalue weighted by Crippen LogP contribution is -2.11. The summed E-state index contributed by atoms with van der Waals surface area (Å²) in [6.07, 6.45) is 0. The van der Waals surface area contributed by atoms with Crippen molar-refractivity contribution in [3.63, 3.8) is 0 Å². The van der Waals surface area contributed by atoms with Gasteiger partial charge in [-0.25, -0.2) is 0 Å². The Bertz CT molecular complexity index is 389. The second-order valence-corrected chi connectivity index (χ2v) is 2.62. The third-order valence-electron chi connectivity index (χ3n) is 1.73. The maximum atomic E-state index is 10.7. The zero-order valence-electron chi connectivity index (χ0n) is 7.14. The van der Waals surface area contributed by atoms with Crippen LogP contribution in [0.3, 0.4) is 0 Å². The zero-order chi connectivity index (χ0) is 10.7. The minimum atomic E-state index is -0.686. The van der Waals surface area contributed by atoms with Gasteiger partial charge in [0.1, 0.15) is 0 Å². The van der Waals surface area contributed by atoms with Crippen LogP contribution < -0.4 is 5.73 Å². The van der Waals surface area contributed by atoms with Gasteiger partial charge < -0.3 is 10.8 Å². The first-order valence-electron chi connectivity index (χ1n) is 3.74. The minimum absolute atomic E-state index is 0.0753. The molecule has 0 spiro atoms. The van der Waals surface area contributed by atoms with Gasteiger partial charge in [-0.15, -0.1) is 0 Å². The molecule has 1 aromatic rings. The molecule has 0 atom stereocenters. The Morgan fingerprint density at radius 1 is 1.57 bits per heavy atom. The Labute approximate surface area is 79.1 Å². The maximum Gasteiger partial charge on any atom is 0.274 e. The molecule has 14 heavy (non-hydrogen) atoms. The fraction of sp³-hybridized carbons (Fsp3) is 0.125. The number of amides is 1. The number of carbonyl (C=O) groups excluding carboxylic acids is 1. The molecule has 0 aliphatic carbocycles. The van der Waals surface area contributed by atoms with Crippen molar-refractivity contribution in [1.82, 2.24) is 0 Å². The number of aliphatic hydroxyl groups excluding tert-OH is 1. The van der Waals surface area contributed by atoms with Gasteiger partial charge in [0.25, 0.3) is 5.69 Å². The van der Waals surface area contributed by atoms with Crippen LogP contribution in [0.15, 0.2) is 18.2 Å². The Morgan fingerprint density at radius 3 is 2.64 bits per heavy atom. The van der Waals surface area contributed by atoms with Crippen LogP contribution in [-0.2, 0) is 6.61 Å². The third-order valence-corrected chi connectivity index (χ3v) is 1.73. The number of nitro benzene ring substituents is 1. The standard InChI is InChI=1S/C8H8N2O4/c9-8(12)5-1-2-7(10(13)14)6(3-5)4-11/h1-3,11H,4H2,(H2,9,12). The van der Waals surface area contributed by atoms with Crippen molar-refractivity contribution in [2.75, 3.05) is 0 Å². The quantitative estimate of drug-likeness (QED) is 0.531. The first kappa shape index (κ1) is 10.1. The Morgan fingerprint density at radius 2 is 2.21 bits per heavy atom. The lowest BCUT2D eigenvalue weighted by Gasteiger charge is -2.00. The highest BCUT2D eigenvalue weighted by Crippen LogP contribution is 2.19. The van der Waals surface area contributed by atoms with E-state index in [1.54, 1.807) is 0 Å². The molecule has 1 aromatic carbocycles. The number of primary amides is 1. The van der Waals surface area contributed by atoms with Gasteiger partial charge in [-0.05, 0) is 12.1 Å². The number of nitrogens with two attached hydrogens (primary N) is 1. The molecule has 6 heteroatoms. The summed E-state index contributed by atoms with van der Waals surface area (Å²) in [6.45, 7) is -0.503. The van der Waals surface area contributed by atoms with Gasteiger partial charge in [0, 0.05) is 11.6 Å². The molecular weight excluding hydrogens is 188 g/mol. The number of hydrogen-bond acceptors (Lipinski definition) is 4. The monoisotopic (exact) mass is 196 g/mol. The second kappa shape index (κ2) is 3.84. The first-order chi connectivity index (χ1) is 6.56. The molecule has 1 rings (SSSR count). The van der Waals surface area contributed by atoms with E-state index in [4.69, 9.17) is 10.8 Å². The van der Waals surface area contributed by atoms with Crippen LogP contribution in [0.2, 0.25) is 0 Å². The molecule has 74 valence electrons. The molecule has 0 unspecified atom stereocenters. The molecule has 0 aliphatic heterocycles. The van der Waals surface area contributed by atoms with Crippen molar-refractivity contribution >= 4 is 11.6 Å². The molecule has 0 bridgehead atoms. The van der Waals surface area contributed by atoms with E-state index >= 15 is 0 Å². The van der Waals surface area contributed by atoms with E-state index < -0.39 is 17.4 Å². The highest BCUT2D eigenvalue weighted by molar-refractivity contribution is 5.93. The summed E-state index contributed by atoms with van der Waals surface area (Å²) in [5, 5.41) is 19.3.